The number of carbonyl (C=O) groups excluding carboxylic acids is 2. The van der Waals surface area contributed by atoms with Gasteiger partial charge in [0.1, 0.15) is 6.10 Å². The van der Waals surface area contributed by atoms with Crippen LogP contribution in [0.15, 0.2) is 48.5 Å². The first kappa shape index (κ1) is 18.0. The molecule has 2 amide bonds. The number of hydrogen-bond acceptors (Lipinski definition) is 3. The zero-order valence-electron chi connectivity index (χ0n) is 13.5. The van der Waals surface area contributed by atoms with Crippen molar-refractivity contribution in [1.29, 1.82) is 0 Å². The van der Waals surface area contributed by atoms with E-state index in [2.05, 4.69) is 5.32 Å². The van der Waals surface area contributed by atoms with E-state index < -0.39 is 5.91 Å². The molecule has 0 fully saturated rings. The fourth-order valence-corrected chi connectivity index (χ4v) is 2.56. The molecular formula is C18H19ClN2O3. The second kappa shape index (κ2) is 7.95. The van der Waals surface area contributed by atoms with E-state index in [-0.39, 0.29) is 18.1 Å². The normalized spacial score (nSPS) is 13.1. The Balaban J connectivity index is 2.08. The number of rotatable bonds is 6. The number of hydrogen-bond donors (Lipinski definition) is 2. The van der Waals surface area contributed by atoms with Crippen LogP contribution in [0.1, 0.15) is 39.3 Å². The molecule has 0 saturated heterocycles. The van der Waals surface area contributed by atoms with Gasteiger partial charge >= 0.3 is 0 Å². The Kier molecular flexibility index (Phi) is 5.95. The van der Waals surface area contributed by atoms with Crippen LogP contribution >= 0.6 is 11.6 Å². The quantitative estimate of drug-likeness (QED) is 0.843. The minimum Gasteiger partial charge on any atom is -0.375 e. The zero-order valence-corrected chi connectivity index (χ0v) is 14.2. The Morgan fingerprint density at radius 3 is 2.08 bits per heavy atom. The second-order valence-corrected chi connectivity index (χ2v) is 5.85. The molecule has 2 atom stereocenters. The van der Waals surface area contributed by atoms with Crippen LogP contribution in [0.5, 0.6) is 0 Å². The molecular weight excluding hydrogens is 328 g/mol. The summed E-state index contributed by atoms with van der Waals surface area (Å²) in [6.07, 6.45) is -0.309. The van der Waals surface area contributed by atoms with Gasteiger partial charge in [-0.05, 0) is 48.9 Å². The smallest absolute Gasteiger partial charge is 0.251 e. The third kappa shape index (κ3) is 4.34. The molecule has 0 aromatic heterocycles. The van der Waals surface area contributed by atoms with Crippen molar-refractivity contribution in [3.8, 4) is 0 Å². The van der Waals surface area contributed by atoms with Crippen LogP contribution in [0, 0.1) is 0 Å². The van der Waals surface area contributed by atoms with Crippen molar-refractivity contribution in [2.24, 2.45) is 5.73 Å². The number of halogens is 1. The van der Waals surface area contributed by atoms with Gasteiger partial charge in [-0.15, -0.1) is 0 Å². The highest BCUT2D eigenvalue weighted by molar-refractivity contribution is 6.30. The Morgan fingerprint density at radius 1 is 1.04 bits per heavy atom. The molecule has 2 rings (SSSR count). The van der Waals surface area contributed by atoms with E-state index in [0.29, 0.717) is 16.1 Å². The summed E-state index contributed by atoms with van der Waals surface area (Å²) >= 11 is 5.90. The average Bonchev–Trinajstić information content (AvgIpc) is 2.57. The first-order valence-corrected chi connectivity index (χ1v) is 7.79. The van der Waals surface area contributed by atoms with Crippen LogP contribution in [0.25, 0.3) is 0 Å². The number of ether oxygens (including phenoxy) is 1. The summed E-state index contributed by atoms with van der Waals surface area (Å²) in [5.74, 6) is -0.785. The lowest BCUT2D eigenvalue weighted by Crippen LogP contribution is -2.37. The molecule has 2 aromatic rings. The molecule has 0 aliphatic rings. The Labute approximate surface area is 145 Å². The Morgan fingerprint density at radius 2 is 1.58 bits per heavy atom. The number of amides is 2. The predicted octanol–water partition coefficient (Wildman–Crippen LogP) is 2.94. The minimum atomic E-state index is -0.530. The van der Waals surface area contributed by atoms with Gasteiger partial charge in [0.15, 0.2) is 0 Å². The molecule has 0 spiro atoms. The fraction of sp³-hybridized carbons (Fsp3) is 0.222. The molecule has 0 radical (unpaired) electrons. The third-order valence-corrected chi connectivity index (χ3v) is 3.95. The highest BCUT2D eigenvalue weighted by Crippen LogP contribution is 2.22. The topological polar surface area (TPSA) is 81.4 Å². The Hall–Kier alpha value is -2.37. The van der Waals surface area contributed by atoms with Gasteiger partial charge in [0.25, 0.3) is 5.91 Å². The van der Waals surface area contributed by atoms with Gasteiger partial charge in [0.2, 0.25) is 5.91 Å². The number of primary amides is 1. The van der Waals surface area contributed by atoms with Crippen molar-refractivity contribution in [3.05, 3.63) is 70.2 Å². The van der Waals surface area contributed by atoms with Crippen molar-refractivity contribution in [2.45, 2.75) is 19.1 Å². The van der Waals surface area contributed by atoms with Crippen LogP contribution in [-0.2, 0) is 4.74 Å². The molecule has 24 heavy (non-hydrogen) atoms. The van der Waals surface area contributed by atoms with E-state index in [4.69, 9.17) is 22.1 Å². The highest BCUT2D eigenvalue weighted by Gasteiger charge is 2.21. The van der Waals surface area contributed by atoms with Crippen molar-refractivity contribution >= 4 is 23.4 Å². The standard InChI is InChI=1S/C18H19ClN2O3/c1-11(16(24-2)12-7-9-15(19)10-8-12)21-18(23)14-5-3-13(4-6-14)17(20)22/h3-11,16H,1-2H3,(H2,20,22)(H,21,23)/t11-,16+/m0/s1. The summed E-state index contributed by atoms with van der Waals surface area (Å²) < 4.78 is 5.51. The van der Waals surface area contributed by atoms with E-state index in [1.54, 1.807) is 31.4 Å². The van der Waals surface area contributed by atoms with Gasteiger partial charge < -0.3 is 15.8 Å². The van der Waals surface area contributed by atoms with Crippen molar-refractivity contribution < 1.29 is 14.3 Å². The van der Waals surface area contributed by atoms with E-state index in [9.17, 15) is 9.59 Å². The van der Waals surface area contributed by atoms with Crippen molar-refractivity contribution in [3.63, 3.8) is 0 Å². The predicted molar refractivity (Wildman–Crippen MR) is 93.1 cm³/mol. The minimum absolute atomic E-state index is 0.255. The molecule has 126 valence electrons. The maximum atomic E-state index is 12.3. The molecule has 0 bridgehead atoms. The summed E-state index contributed by atoms with van der Waals surface area (Å²) in [6.45, 7) is 1.86. The van der Waals surface area contributed by atoms with Crippen LogP contribution in [0.3, 0.4) is 0 Å². The molecule has 2 aromatic carbocycles. The molecule has 0 aliphatic heterocycles. The van der Waals surface area contributed by atoms with Crippen LogP contribution in [0.2, 0.25) is 5.02 Å². The van der Waals surface area contributed by atoms with Crippen LogP contribution < -0.4 is 11.1 Å². The first-order chi connectivity index (χ1) is 11.4. The maximum absolute atomic E-state index is 12.3. The van der Waals surface area contributed by atoms with Crippen LogP contribution in [-0.4, -0.2) is 25.0 Å². The number of benzene rings is 2. The molecule has 0 heterocycles. The van der Waals surface area contributed by atoms with Gasteiger partial charge in [-0.2, -0.15) is 0 Å². The molecule has 0 saturated carbocycles. The number of nitrogens with two attached hydrogens (primary N) is 1. The third-order valence-electron chi connectivity index (χ3n) is 3.70. The van der Waals surface area contributed by atoms with E-state index in [0.717, 1.165) is 5.56 Å². The van der Waals surface area contributed by atoms with E-state index in [1.165, 1.54) is 12.1 Å². The maximum Gasteiger partial charge on any atom is 0.251 e. The molecule has 0 aliphatic carbocycles. The summed E-state index contributed by atoms with van der Waals surface area (Å²) in [4.78, 5) is 23.4. The summed E-state index contributed by atoms with van der Waals surface area (Å²) in [6, 6.07) is 13.2. The lowest BCUT2D eigenvalue weighted by atomic mass is 10.0. The molecule has 6 heteroatoms. The lowest BCUT2D eigenvalue weighted by molar-refractivity contribution is 0.0645. The van der Waals surface area contributed by atoms with Gasteiger partial charge in [0.05, 0.1) is 6.04 Å². The monoisotopic (exact) mass is 346 g/mol. The van der Waals surface area contributed by atoms with Gasteiger partial charge in [-0.3, -0.25) is 9.59 Å². The van der Waals surface area contributed by atoms with Gasteiger partial charge in [0, 0.05) is 23.3 Å². The fourth-order valence-electron chi connectivity index (χ4n) is 2.43. The first-order valence-electron chi connectivity index (χ1n) is 7.41. The lowest BCUT2D eigenvalue weighted by Gasteiger charge is -2.24. The number of nitrogens with one attached hydrogen (secondary N) is 1. The number of methoxy groups -OCH3 is 1. The highest BCUT2D eigenvalue weighted by atomic mass is 35.5. The van der Waals surface area contributed by atoms with Gasteiger partial charge in [-0.1, -0.05) is 23.7 Å². The van der Waals surface area contributed by atoms with E-state index in [1.807, 2.05) is 19.1 Å². The largest absolute Gasteiger partial charge is 0.375 e. The van der Waals surface area contributed by atoms with Gasteiger partial charge in [-0.25, -0.2) is 0 Å². The summed E-state index contributed by atoms with van der Waals surface area (Å²) in [5, 5.41) is 3.53. The molecule has 3 N–H and O–H groups in total. The SMILES string of the molecule is CO[C@@H](c1ccc(Cl)cc1)[C@H](C)NC(=O)c1ccc(C(N)=O)cc1. The van der Waals surface area contributed by atoms with Crippen LogP contribution in [0.4, 0.5) is 0 Å². The number of carbonyl (C=O) groups is 2. The molecule has 0 unspecified atom stereocenters. The second-order valence-electron chi connectivity index (χ2n) is 5.41. The summed E-state index contributed by atoms with van der Waals surface area (Å²) in [7, 11) is 1.59. The summed E-state index contributed by atoms with van der Waals surface area (Å²) in [5.41, 5.74) is 6.90. The van der Waals surface area contributed by atoms with Crippen molar-refractivity contribution in [1.82, 2.24) is 5.32 Å². The molecule has 5 nitrogen and oxygen atoms in total. The van der Waals surface area contributed by atoms with E-state index >= 15 is 0 Å². The Bertz CT molecular complexity index is 714. The zero-order chi connectivity index (χ0) is 17.7. The van der Waals surface area contributed by atoms with Crippen molar-refractivity contribution in [2.75, 3.05) is 7.11 Å². The average molecular weight is 347 g/mol.